The SMILES string of the molecule is COC1CC(n2c(CCN)nc3ccc(F)cc32)C1. The van der Waals surface area contributed by atoms with Gasteiger partial charge in [0.15, 0.2) is 0 Å². The Kier molecular flexibility index (Phi) is 3.24. The minimum absolute atomic E-state index is 0.226. The maximum absolute atomic E-state index is 13.4. The zero-order chi connectivity index (χ0) is 13.4. The summed E-state index contributed by atoms with van der Waals surface area (Å²) < 4.78 is 20.9. The van der Waals surface area contributed by atoms with Gasteiger partial charge in [-0.2, -0.15) is 0 Å². The van der Waals surface area contributed by atoms with E-state index in [2.05, 4.69) is 9.55 Å². The van der Waals surface area contributed by atoms with Gasteiger partial charge in [0.05, 0.1) is 17.1 Å². The minimum Gasteiger partial charge on any atom is -0.381 e. The number of imidazole rings is 1. The van der Waals surface area contributed by atoms with Gasteiger partial charge in [0.1, 0.15) is 11.6 Å². The highest BCUT2D eigenvalue weighted by Crippen LogP contribution is 2.37. The van der Waals surface area contributed by atoms with Crippen molar-refractivity contribution < 1.29 is 9.13 Å². The van der Waals surface area contributed by atoms with Crippen molar-refractivity contribution in [2.75, 3.05) is 13.7 Å². The molecule has 0 unspecified atom stereocenters. The summed E-state index contributed by atoms with van der Waals surface area (Å²) in [5.41, 5.74) is 7.34. The first-order valence-electron chi connectivity index (χ1n) is 6.62. The molecule has 1 aliphatic carbocycles. The van der Waals surface area contributed by atoms with Gasteiger partial charge in [-0.05, 0) is 37.6 Å². The predicted molar refractivity (Wildman–Crippen MR) is 71.5 cm³/mol. The second-order valence-electron chi connectivity index (χ2n) is 5.05. The molecule has 0 bridgehead atoms. The van der Waals surface area contributed by atoms with Gasteiger partial charge < -0.3 is 15.0 Å². The van der Waals surface area contributed by atoms with E-state index in [1.165, 1.54) is 6.07 Å². The van der Waals surface area contributed by atoms with Crippen LogP contribution in [0.15, 0.2) is 18.2 Å². The quantitative estimate of drug-likeness (QED) is 0.918. The minimum atomic E-state index is -0.226. The summed E-state index contributed by atoms with van der Waals surface area (Å²) in [7, 11) is 1.73. The fourth-order valence-electron chi connectivity index (χ4n) is 2.77. The number of hydrogen-bond donors (Lipinski definition) is 1. The van der Waals surface area contributed by atoms with Crippen molar-refractivity contribution in [3.63, 3.8) is 0 Å². The van der Waals surface area contributed by atoms with Crippen LogP contribution >= 0.6 is 0 Å². The summed E-state index contributed by atoms with van der Waals surface area (Å²) in [6, 6.07) is 5.08. The fraction of sp³-hybridized carbons (Fsp3) is 0.500. The second kappa shape index (κ2) is 4.90. The van der Waals surface area contributed by atoms with Crippen LogP contribution in [0.4, 0.5) is 4.39 Å². The first-order valence-corrected chi connectivity index (χ1v) is 6.62. The molecule has 1 fully saturated rings. The number of aromatic nitrogens is 2. The van der Waals surface area contributed by atoms with Crippen LogP contribution < -0.4 is 5.73 Å². The monoisotopic (exact) mass is 263 g/mol. The van der Waals surface area contributed by atoms with E-state index in [0.29, 0.717) is 25.1 Å². The van der Waals surface area contributed by atoms with Gasteiger partial charge in [-0.1, -0.05) is 0 Å². The highest BCUT2D eigenvalue weighted by Gasteiger charge is 2.32. The number of methoxy groups -OCH3 is 1. The van der Waals surface area contributed by atoms with Crippen LogP contribution in [-0.4, -0.2) is 29.3 Å². The number of ether oxygens (including phenoxy) is 1. The van der Waals surface area contributed by atoms with Crippen LogP contribution in [0.1, 0.15) is 24.7 Å². The summed E-state index contributed by atoms with van der Waals surface area (Å²) in [5, 5.41) is 0. The fourth-order valence-corrected chi connectivity index (χ4v) is 2.77. The Morgan fingerprint density at radius 2 is 2.26 bits per heavy atom. The molecule has 0 aliphatic heterocycles. The largest absolute Gasteiger partial charge is 0.381 e. The molecule has 1 saturated carbocycles. The lowest BCUT2D eigenvalue weighted by atomic mass is 9.88. The topological polar surface area (TPSA) is 53.1 Å². The number of nitrogens with zero attached hydrogens (tertiary/aromatic N) is 2. The Morgan fingerprint density at radius 1 is 1.47 bits per heavy atom. The molecule has 1 aliphatic rings. The van der Waals surface area contributed by atoms with Crippen molar-refractivity contribution in [3.05, 3.63) is 29.8 Å². The number of nitrogens with two attached hydrogens (primary N) is 1. The Labute approximate surface area is 111 Å². The first kappa shape index (κ1) is 12.6. The average molecular weight is 263 g/mol. The summed E-state index contributed by atoms with van der Waals surface area (Å²) in [6.45, 7) is 0.548. The Morgan fingerprint density at radius 3 is 2.95 bits per heavy atom. The molecular weight excluding hydrogens is 245 g/mol. The van der Waals surface area contributed by atoms with E-state index in [9.17, 15) is 4.39 Å². The van der Waals surface area contributed by atoms with Gasteiger partial charge in [0, 0.05) is 19.6 Å². The molecule has 0 radical (unpaired) electrons. The molecule has 2 aromatic rings. The van der Waals surface area contributed by atoms with Crippen molar-refractivity contribution in [2.24, 2.45) is 5.73 Å². The summed E-state index contributed by atoms with van der Waals surface area (Å²) in [5.74, 6) is 0.721. The molecule has 3 rings (SSSR count). The highest BCUT2D eigenvalue weighted by atomic mass is 19.1. The third kappa shape index (κ3) is 2.13. The molecular formula is C14H18FN3O. The van der Waals surface area contributed by atoms with Crippen LogP contribution in [0.3, 0.4) is 0 Å². The van der Waals surface area contributed by atoms with E-state index in [4.69, 9.17) is 10.5 Å². The lowest BCUT2D eigenvalue weighted by molar-refractivity contribution is 0.00660. The summed E-state index contributed by atoms with van der Waals surface area (Å²) >= 11 is 0. The molecule has 1 heterocycles. The van der Waals surface area contributed by atoms with E-state index in [1.807, 2.05) is 0 Å². The Hall–Kier alpha value is -1.46. The van der Waals surface area contributed by atoms with Crippen molar-refractivity contribution in [3.8, 4) is 0 Å². The molecule has 102 valence electrons. The molecule has 19 heavy (non-hydrogen) atoms. The molecule has 0 saturated heterocycles. The summed E-state index contributed by atoms with van der Waals surface area (Å²) in [4.78, 5) is 4.57. The number of benzene rings is 1. The number of fused-ring (bicyclic) bond motifs is 1. The third-order valence-corrected chi connectivity index (χ3v) is 3.86. The van der Waals surface area contributed by atoms with Crippen molar-refractivity contribution >= 4 is 11.0 Å². The first-order chi connectivity index (χ1) is 9.22. The van der Waals surface area contributed by atoms with Gasteiger partial charge in [-0.15, -0.1) is 0 Å². The van der Waals surface area contributed by atoms with Crippen LogP contribution in [0.5, 0.6) is 0 Å². The maximum Gasteiger partial charge on any atom is 0.125 e. The highest BCUT2D eigenvalue weighted by molar-refractivity contribution is 5.76. The zero-order valence-electron chi connectivity index (χ0n) is 11.0. The van der Waals surface area contributed by atoms with E-state index in [1.54, 1.807) is 19.2 Å². The Bertz CT molecular complexity index is 590. The van der Waals surface area contributed by atoms with Crippen LogP contribution in [-0.2, 0) is 11.2 Å². The van der Waals surface area contributed by atoms with E-state index in [0.717, 1.165) is 29.7 Å². The summed E-state index contributed by atoms with van der Waals surface area (Å²) in [6.07, 6.45) is 2.93. The molecule has 4 nitrogen and oxygen atoms in total. The smallest absolute Gasteiger partial charge is 0.125 e. The predicted octanol–water partition coefficient (Wildman–Crippen LogP) is 2.03. The molecule has 2 N–H and O–H groups in total. The lowest BCUT2D eigenvalue weighted by Crippen LogP contribution is -2.33. The molecule has 0 spiro atoms. The van der Waals surface area contributed by atoms with Crippen LogP contribution in [0.25, 0.3) is 11.0 Å². The van der Waals surface area contributed by atoms with E-state index in [-0.39, 0.29) is 5.82 Å². The van der Waals surface area contributed by atoms with Crippen molar-refractivity contribution in [1.82, 2.24) is 9.55 Å². The number of halogens is 1. The molecule has 1 aromatic carbocycles. The van der Waals surface area contributed by atoms with Crippen molar-refractivity contribution in [2.45, 2.75) is 31.4 Å². The molecule has 5 heteroatoms. The van der Waals surface area contributed by atoms with Crippen molar-refractivity contribution in [1.29, 1.82) is 0 Å². The zero-order valence-corrected chi connectivity index (χ0v) is 11.0. The lowest BCUT2D eigenvalue weighted by Gasteiger charge is -2.36. The van der Waals surface area contributed by atoms with E-state index < -0.39 is 0 Å². The van der Waals surface area contributed by atoms with Gasteiger partial charge in [0.25, 0.3) is 0 Å². The average Bonchev–Trinajstić information content (AvgIpc) is 2.67. The van der Waals surface area contributed by atoms with Gasteiger partial charge in [0.2, 0.25) is 0 Å². The third-order valence-electron chi connectivity index (χ3n) is 3.86. The van der Waals surface area contributed by atoms with Gasteiger partial charge >= 0.3 is 0 Å². The van der Waals surface area contributed by atoms with Gasteiger partial charge in [-0.25, -0.2) is 9.37 Å². The standard InChI is InChI=1S/C14H18FN3O/c1-19-11-7-10(8-11)18-13-6-9(15)2-3-12(13)17-14(18)4-5-16/h2-3,6,10-11H,4-5,7-8,16H2,1H3. The molecule has 0 atom stereocenters. The number of rotatable bonds is 4. The molecule has 1 aromatic heterocycles. The van der Waals surface area contributed by atoms with Gasteiger partial charge in [-0.3, -0.25) is 0 Å². The molecule has 0 amide bonds. The van der Waals surface area contributed by atoms with E-state index >= 15 is 0 Å². The second-order valence-corrected chi connectivity index (χ2v) is 5.05. The Balaban J connectivity index is 2.03. The van der Waals surface area contributed by atoms with Crippen LogP contribution in [0, 0.1) is 5.82 Å². The maximum atomic E-state index is 13.4. The van der Waals surface area contributed by atoms with Crippen LogP contribution in [0.2, 0.25) is 0 Å². The normalized spacial score (nSPS) is 22.7. The number of hydrogen-bond acceptors (Lipinski definition) is 3.